The van der Waals surface area contributed by atoms with E-state index in [9.17, 15) is 0 Å². The molecule has 0 aromatic carbocycles. The molecule has 5 nitrogen and oxygen atoms in total. The Morgan fingerprint density at radius 2 is 2.12 bits per heavy atom. The summed E-state index contributed by atoms with van der Waals surface area (Å²) < 4.78 is 0. The Labute approximate surface area is 176 Å². The first kappa shape index (κ1) is 23.1. The number of hydrogen-bond donors (Lipinski definition) is 1. The summed E-state index contributed by atoms with van der Waals surface area (Å²) in [7, 11) is 0. The molecule has 0 bridgehead atoms. The van der Waals surface area contributed by atoms with E-state index in [0.29, 0.717) is 0 Å². The fraction of sp³-hybridized carbons (Fsp3) is 0.700. The van der Waals surface area contributed by atoms with Gasteiger partial charge in [-0.25, -0.2) is 0 Å². The Hall–Kier alpha value is -0.890. The lowest BCUT2D eigenvalue weighted by molar-refractivity contribution is 0.255. The van der Waals surface area contributed by atoms with E-state index in [1.807, 2.05) is 12.4 Å². The minimum atomic E-state index is 0. The van der Waals surface area contributed by atoms with Crippen molar-refractivity contribution in [2.24, 2.45) is 10.9 Å². The van der Waals surface area contributed by atoms with Gasteiger partial charge in [-0.3, -0.25) is 9.98 Å². The summed E-state index contributed by atoms with van der Waals surface area (Å²) in [6.07, 6.45) is 6.04. The Morgan fingerprint density at radius 1 is 1.35 bits per heavy atom. The number of guanidine groups is 1. The molecule has 6 heteroatoms. The number of nitrogens with zero attached hydrogens (tertiary/aromatic N) is 4. The SMILES string of the molecule is CCNC(=NCCc1ccncc1C)N1CCC(CN(CC)CC)C1.I. The molecule has 1 aliphatic heterocycles. The van der Waals surface area contributed by atoms with E-state index < -0.39 is 0 Å². The van der Waals surface area contributed by atoms with Crippen molar-refractivity contribution < 1.29 is 0 Å². The summed E-state index contributed by atoms with van der Waals surface area (Å²) in [6.45, 7) is 16.3. The van der Waals surface area contributed by atoms with Crippen LogP contribution in [0.1, 0.15) is 38.3 Å². The quantitative estimate of drug-likeness (QED) is 0.358. The summed E-state index contributed by atoms with van der Waals surface area (Å²) in [4.78, 5) is 14.0. The standard InChI is InChI=1S/C20H35N5.HI/c1-5-22-20(23-12-9-19-8-11-21-14-17(19)4)25-13-10-18(16-25)15-24(6-2)7-3;/h8,11,14,18H,5-7,9-10,12-13,15-16H2,1-4H3,(H,22,23);1H. The van der Waals surface area contributed by atoms with E-state index in [0.717, 1.165) is 57.6 Å². The van der Waals surface area contributed by atoms with E-state index in [1.165, 1.54) is 24.1 Å². The highest BCUT2D eigenvalue weighted by atomic mass is 127. The molecule has 1 aromatic heterocycles. The zero-order valence-corrected chi connectivity index (χ0v) is 19.2. The number of pyridine rings is 1. The number of likely N-dealkylation sites (tertiary alicyclic amines) is 1. The summed E-state index contributed by atoms with van der Waals surface area (Å²) in [6, 6.07) is 2.10. The van der Waals surface area contributed by atoms with Crippen LogP contribution in [-0.2, 0) is 6.42 Å². The minimum absolute atomic E-state index is 0. The van der Waals surface area contributed by atoms with Crippen LogP contribution >= 0.6 is 24.0 Å². The van der Waals surface area contributed by atoms with Gasteiger partial charge in [0.1, 0.15) is 0 Å². The smallest absolute Gasteiger partial charge is 0.193 e. The van der Waals surface area contributed by atoms with Gasteiger partial charge >= 0.3 is 0 Å². The van der Waals surface area contributed by atoms with Crippen LogP contribution in [0, 0.1) is 12.8 Å². The lowest BCUT2D eigenvalue weighted by Gasteiger charge is -2.24. The first-order valence-electron chi connectivity index (χ1n) is 9.82. The van der Waals surface area contributed by atoms with Crippen molar-refractivity contribution in [3.8, 4) is 0 Å². The topological polar surface area (TPSA) is 43.8 Å². The third-order valence-electron chi connectivity index (χ3n) is 5.11. The molecule has 1 aromatic rings. The van der Waals surface area contributed by atoms with Crippen LogP contribution in [0.25, 0.3) is 0 Å². The normalized spacial score (nSPS) is 17.5. The largest absolute Gasteiger partial charge is 0.357 e. The molecule has 0 aliphatic carbocycles. The fourth-order valence-electron chi connectivity index (χ4n) is 3.51. The van der Waals surface area contributed by atoms with Gasteiger partial charge < -0.3 is 15.1 Å². The lowest BCUT2D eigenvalue weighted by Crippen LogP contribution is -2.41. The van der Waals surface area contributed by atoms with Gasteiger partial charge in [0.25, 0.3) is 0 Å². The van der Waals surface area contributed by atoms with E-state index in [-0.39, 0.29) is 24.0 Å². The maximum atomic E-state index is 4.88. The summed E-state index contributed by atoms with van der Waals surface area (Å²) in [5.74, 6) is 1.84. The van der Waals surface area contributed by atoms with Gasteiger partial charge in [-0.1, -0.05) is 13.8 Å². The van der Waals surface area contributed by atoms with Crippen LogP contribution < -0.4 is 5.32 Å². The lowest BCUT2D eigenvalue weighted by atomic mass is 10.1. The molecule has 2 heterocycles. The Kier molecular flexibility index (Phi) is 11.1. The highest BCUT2D eigenvalue weighted by Gasteiger charge is 2.25. The minimum Gasteiger partial charge on any atom is -0.357 e. The second-order valence-electron chi connectivity index (χ2n) is 6.87. The second kappa shape index (κ2) is 12.5. The highest BCUT2D eigenvalue weighted by molar-refractivity contribution is 14.0. The first-order valence-corrected chi connectivity index (χ1v) is 9.82. The van der Waals surface area contributed by atoms with Crippen molar-refractivity contribution in [3.05, 3.63) is 29.6 Å². The molecule has 1 fully saturated rings. The first-order chi connectivity index (χ1) is 12.2. The number of rotatable bonds is 8. The number of aryl methyl sites for hydroxylation is 1. The summed E-state index contributed by atoms with van der Waals surface area (Å²) in [5, 5.41) is 3.48. The van der Waals surface area contributed by atoms with Crippen molar-refractivity contribution >= 4 is 29.9 Å². The summed E-state index contributed by atoms with van der Waals surface area (Å²) in [5.41, 5.74) is 2.60. The maximum Gasteiger partial charge on any atom is 0.193 e. The van der Waals surface area contributed by atoms with Gasteiger partial charge in [0.15, 0.2) is 5.96 Å². The monoisotopic (exact) mass is 473 g/mol. The van der Waals surface area contributed by atoms with Crippen LogP contribution in [0.4, 0.5) is 0 Å². The Bertz CT molecular complexity index is 545. The predicted molar refractivity (Wildman–Crippen MR) is 122 cm³/mol. The zero-order valence-electron chi connectivity index (χ0n) is 16.9. The van der Waals surface area contributed by atoms with Gasteiger partial charge in [0.05, 0.1) is 0 Å². The number of nitrogens with one attached hydrogen (secondary N) is 1. The summed E-state index contributed by atoms with van der Waals surface area (Å²) >= 11 is 0. The number of halogens is 1. The van der Waals surface area contributed by atoms with Gasteiger partial charge in [-0.15, -0.1) is 24.0 Å². The third-order valence-corrected chi connectivity index (χ3v) is 5.11. The molecule has 1 atom stereocenters. The Morgan fingerprint density at radius 3 is 2.77 bits per heavy atom. The van der Waals surface area contributed by atoms with E-state index in [1.54, 1.807) is 0 Å². The van der Waals surface area contributed by atoms with Gasteiger partial charge in [0.2, 0.25) is 0 Å². The predicted octanol–water partition coefficient (Wildman–Crippen LogP) is 3.18. The molecule has 0 saturated carbocycles. The van der Waals surface area contributed by atoms with Crippen molar-refractivity contribution in [2.45, 2.75) is 40.5 Å². The van der Waals surface area contributed by atoms with Crippen molar-refractivity contribution in [3.63, 3.8) is 0 Å². The molecule has 1 unspecified atom stereocenters. The highest BCUT2D eigenvalue weighted by Crippen LogP contribution is 2.17. The van der Waals surface area contributed by atoms with E-state index >= 15 is 0 Å². The molecule has 0 radical (unpaired) electrons. The van der Waals surface area contributed by atoms with E-state index in [2.05, 4.69) is 53.9 Å². The second-order valence-corrected chi connectivity index (χ2v) is 6.87. The van der Waals surface area contributed by atoms with Crippen LogP contribution in [0.2, 0.25) is 0 Å². The molecular weight excluding hydrogens is 437 g/mol. The van der Waals surface area contributed by atoms with Crippen molar-refractivity contribution in [1.82, 2.24) is 20.1 Å². The van der Waals surface area contributed by atoms with Crippen LogP contribution in [0.15, 0.2) is 23.5 Å². The fourth-order valence-corrected chi connectivity index (χ4v) is 3.51. The third kappa shape index (κ3) is 7.02. The number of hydrogen-bond acceptors (Lipinski definition) is 3. The maximum absolute atomic E-state index is 4.88. The molecule has 1 aliphatic rings. The van der Waals surface area contributed by atoms with Gasteiger partial charge in [-0.05, 0) is 62.9 Å². The molecular formula is C20H36IN5. The Balaban J connectivity index is 0.00000338. The average molecular weight is 473 g/mol. The van der Waals surface area contributed by atoms with Crippen LogP contribution in [0.5, 0.6) is 0 Å². The molecule has 1 N–H and O–H groups in total. The number of aliphatic imine (C=N–C) groups is 1. The molecule has 2 rings (SSSR count). The van der Waals surface area contributed by atoms with Gasteiger partial charge in [-0.2, -0.15) is 0 Å². The number of aromatic nitrogens is 1. The van der Waals surface area contributed by atoms with Crippen molar-refractivity contribution in [2.75, 3.05) is 45.8 Å². The molecule has 0 amide bonds. The van der Waals surface area contributed by atoms with Crippen molar-refractivity contribution in [1.29, 1.82) is 0 Å². The van der Waals surface area contributed by atoms with Gasteiger partial charge in [0, 0.05) is 45.1 Å². The van der Waals surface area contributed by atoms with Crippen LogP contribution in [-0.4, -0.2) is 66.6 Å². The molecule has 1 saturated heterocycles. The zero-order chi connectivity index (χ0) is 18.1. The van der Waals surface area contributed by atoms with Crippen LogP contribution in [0.3, 0.4) is 0 Å². The molecule has 148 valence electrons. The molecule has 26 heavy (non-hydrogen) atoms. The molecule has 0 spiro atoms. The van der Waals surface area contributed by atoms with E-state index in [4.69, 9.17) is 4.99 Å². The average Bonchev–Trinajstić information content (AvgIpc) is 3.09.